The monoisotopic (exact) mass is 366 g/mol. The fourth-order valence-corrected chi connectivity index (χ4v) is 4.15. The van der Waals surface area contributed by atoms with Gasteiger partial charge in [-0.3, -0.25) is 0 Å². The van der Waals surface area contributed by atoms with Crippen LogP contribution < -0.4 is 25.0 Å². The summed E-state index contributed by atoms with van der Waals surface area (Å²) in [5.74, 6) is 1.59. The summed E-state index contributed by atoms with van der Waals surface area (Å²) < 4.78 is 11.0. The van der Waals surface area contributed by atoms with Crippen LogP contribution in [-0.4, -0.2) is 44.5 Å². The number of hydrogen-bond donors (Lipinski definition) is 3. The molecule has 0 radical (unpaired) electrons. The van der Waals surface area contributed by atoms with Crippen molar-refractivity contribution in [2.75, 3.05) is 27.3 Å². The fourth-order valence-electron chi connectivity index (χ4n) is 3.73. The first-order valence-corrected chi connectivity index (χ1v) is 9.48. The quantitative estimate of drug-likeness (QED) is 0.666. The molecule has 0 saturated carbocycles. The van der Waals surface area contributed by atoms with Crippen molar-refractivity contribution in [2.45, 2.75) is 52.2 Å². The van der Waals surface area contributed by atoms with Crippen LogP contribution in [0.25, 0.3) is 0 Å². The summed E-state index contributed by atoms with van der Waals surface area (Å²) in [6.45, 7) is 10.8. The number of hydrogen-bond acceptors (Lipinski definition) is 3. The zero-order valence-electron chi connectivity index (χ0n) is 16.2. The highest BCUT2D eigenvalue weighted by molar-refractivity contribution is 7.80. The molecule has 1 aromatic carbocycles. The van der Waals surface area contributed by atoms with Gasteiger partial charge in [-0.1, -0.05) is 0 Å². The summed E-state index contributed by atoms with van der Waals surface area (Å²) in [5, 5.41) is 7.47. The number of methoxy groups -OCH3 is 2. The van der Waals surface area contributed by atoms with Gasteiger partial charge in [0.05, 0.1) is 33.4 Å². The maximum absolute atomic E-state index is 5.54. The van der Waals surface area contributed by atoms with Gasteiger partial charge >= 0.3 is 0 Å². The predicted octanol–water partition coefficient (Wildman–Crippen LogP) is 1.47. The number of fused-ring (bicyclic) bond motifs is 1. The van der Waals surface area contributed by atoms with E-state index in [2.05, 4.69) is 50.5 Å². The zero-order chi connectivity index (χ0) is 18.6. The van der Waals surface area contributed by atoms with E-state index in [0.29, 0.717) is 17.2 Å². The predicted molar refractivity (Wildman–Crippen MR) is 106 cm³/mol. The summed E-state index contributed by atoms with van der Waals surface area (Å²) in [7, 11) is 3.38. The van der Waals surface area contributed by atoms with E-state index in [4.69, 9.17) is 21.7 Å². The second-order valence-electron chi connectivity index (χ2n) is 6.96. The van der Waals surface area contributed by atoms with Crippen molar-refractivity contribution in [3.8, 4) is 11.5 Å². The number of thiocarbonyl (C=S) groups is 1. The van der Waals surface area contributed by atoms with Crippen LogP contribution in [0.2, 0.25) is 0 Å². The van der Waals surface area contributed by atoms with Crippen molar-refractivity contribution in [1.82, 2.24) is 10.6 Å². The Balaban J connectivity index is 2.33. The van der Waals surface area contributed by atoms with Crippen molar-refractivity contribution < 1.29 is 14.4 Å². The maximum Gasteiger partial charge on any atom is 0.166 e. The van der Waals surface area contributed by atoms with Crippen LogP contribution in [0.1, 0.15) is 44.9 Å². The minimum Gasteiger partial charge on any atom is -0.493 e. The van der Waals surface area contributed by atoms with Crippen molar-refractivity contribution in [3.05, 3.63) is 23.3 Å². The lowest BCUT2D eigenvalue weighted by Gasteiger charge is -2.38. The first-order chi connectivity index (χ1) is 11.9. The molecule has 2 rings (SSSR count). The summed E-state index contributed by atoms with van der Waals surface area (Å²) in [6.07, 6.45) is 1.05. The van der Waals surface area contributed by atoms with Crippen LogP contribution >= 0.6 is 12.2 Å². The van der Waals surface area contributed by atoms with Crippen molar-refractivity contribution >= 4 is 17.3 Å². The van der Waals surface area contributed by atoms with E-state index in [0.717, 1.165) is 31.0 Å². The first-order valence-electron chi connectivity index (χ1n) is 9.07. The average molecular weight is 367 g/mol. The molecule has 140 valence electrons. The number of ether oxygens (including phenoxy) is 2. The van der Waals surface area contributed by atoms with Crippen LogP contribution in [0.4, 0.5) is 0 Å². The smallest absolute Gasteiger partial charge is 0.166 e. The van der Waals surface area contributed by atoms with Gasteiger partial charge in [0.1, 0.15) is 6.04 Å². The zero-order valence-corrected chi connectivity index (χ0v) is 17.0. The molecule has 3 N–H and O–H groups in total. The van der Waals surface area contributed by atoms with Gasteiger partial charge in [-0.2, -0.15) is 0 Å². The lowest BCUT2D eigenvalue weighted by Crippen LogP contribution is -3.14. The van der Waals surface area contributed by atoms with E-state index in [9.17, 15) is 0 Å². The Hall–Kier alpha value is -1.53. The van der Waals surface area contributed by atoms with Gasteiger partial charge in [0, 0.05) is 18.0 Å². The normalized spacial score (nSPS) is 20.6. The highest BCUT2D eigenvalue weighted by Gasteiger charge is 2.35. The van der Waals surface area contributed by atoms with Crippen molar-refractivity contribution in [2.24, 2.45) is 0 Å². The molecule has 0 fully saturated rings. The molecule has 1 unspecified atom stereocenters. The number of rotatable bonds is 6. The Labute approximate surface area is 157 Å². The summed E-state index contributed by atoms with van der Waals surface area (Å²) in [5.41, 5.74) is 2.67. The number of likely N-dealkylation sites (N-methyl/N-ethyl adjacent to an activating group) is 1. The second-order valence-corrected chi connectivity index (χ2v) is 7.36. The first kappa shape index (κ1) is 19.8. The van der Waals surface area contributed by atoms with Gasteiger partial charge in [0.2, 0.25) is 0 Å². The molecule has 1 aromatic rings. The van der Waals surface area contributed by atoms with E-state index in [1.54, 1.807) is 19.1 Å². The van der Waals surface area contributed by atoms with E-state index < -0.39 is 0 Å². The van der Waals surface area contributed by atoms with Crippen LogP contribution in [0.5, 0.6) is 11.5 Å². The summed E-state index contributed by atoms with van der Waals surface area (Å²) in [4.78, 5) is 1.56. The lowest BCUT2D eigenvalue weighted by atomic mass is 9.88. The molecule has 1 heterocycles. The standard InChI is InChI=1S/C19H31N3O2S/c1-7-22-9-8-14-10-16(23-5)17(24-6)11-15(14)18(22)13(4)21-19(25)20-12(2)3/h10-13,18H,7-9H2,1-6H3,(H2,20,21,25)/p+1/t13-,18-/m1/s1. The molecule has 5 nitrogen and oxygen atoms in total. The Morgan fingerprint density at radius 2 is 1.84 bits per heavy atom. The molecule has 0 saturated heterocycles. The van der Waals surface area contributed by atoms with Gasteiger partial charge in [0.15, 0.2) is 16.6 Å². The molecule has 0 aromatic heterocycles. The number of nitrogens with one attached hydrogen (secondary N) is 3. The van der Waals surface area contributed by atoms with Crippen molar-refractivity contribution in [3.63, 3.8) is 0 Å². The third kappa shape index (κ3) is 4.55. The largest absolute Gasteiger partial charge is 0.493 e. The number of benzene rings is 1. The highest BCUT2D eigenvalue weighted by Crippen LogP contribution is 2.34. The minimum atomic E-state index is 0.214. The van der Waals surface area contributed by atoms with Gasteiger partial charge in [-0.15, -0.1) is 0 Å². The molecule has 1 aliphatic rings. The molecule has 0 amide bonds. The molecule has 0 bridgehead atoms. The van der Waals surface area contributed by atoms with Crippen LogP contribution in [0.3, 0.4) is 0 Å². The third-order valence-electron chi connectivity index (χ3n) is 4.87. The van der Waals surface area contributed by atoms with E-state index in [1.807, 2.05) is 0 Å². The molecule has 25 heavy (non-hydrogen) atoms. The van der Waals surface area contributed by atoms with Crippen LogP contribution in [-0.2, 0) is 6.42 Å². The van der Waals surface area contributed by atoms with Gasteiger partial charge in [0.25, 0.3) is 0 Å². The summed E-state index contributed by atoms with van der Waals surface area (Å²) >= 11 is 5.46. The lowest BCUT2D eigenvalue weighted by molar-refractivity contribution is -0.933. The molecular weight excluding hydrogens is 334 g/mol. The van der Waals surface area contributed by atoms with Crippen LogP contribution in [0.15, 0.2) is 12.1 Å². The number of quaternary nitrogens is 1. The van der Waals surface area contributed by atoms with Crippen molar-refractivity contribution in [1.29, 1.82) is 0 Å². The molecule has 3 atom stereocenters. The Morgan fingerprint density at radius 1 is 1.20 bits per heavy atom. The van der Waals surface area contributed by atoms with Gasteiger partial charge < -0.3 is 25.0 Å². The van der Waals surface area contributed by atoms with E-state index >= 15 is 0 Å². The third-order valence-corrected chi connectivity index (χ3v) is 5.10. The molecule has 0 aliphatic carbocycles. The molecular formula is C19H32N3O2S+. The average Bonchev–Trinajstić information content (AvgIpc) is 2.58. The van der Waals surface area contributed by atoms with E-state index in [-0.39, 0.29) is 6.04 Å². The van der Waals surface area contributed by atoms with Gasteiger partial charge in [-0.05, 0) is 57.6 Å². The van der Waals surface area contributed by atoms with Gasteiger partial charge in [-0.25, -0.2) is 0 Å². The fraction of sp³-hybridized carbons (Fsp3) is 0.632. The Morgan fingerprint density at radius 3 is 2.40 bits per heavy atom. The Bertz CT molecular complexity index is 607. The topological polar surface area (TPSA) is 47.0 Å². The molecule has 0 spiro atoms. The van der Waals surface area contributed by atoms with E-state index in [1.165, 1.54) is 11.1 Å². The SMILES string of the molecule is CC[NH+]1CCc2cc(OC)c(OC)cc2[C@H]1[C@@H](C)NC(=S)NC(C)C. The van der Waals surface area contributed by atoms with Crippen LogP contribution in [0, 0.1) is 0 Å². The Kier molecular flexibility index (Phi) is 6.90. The second kappa shape index (κ2) is 8.72. The minimum absolute atomic E-state index is 0.214. The molecule has 1 aliphatic heterocycles. The summed E-state index contributed by atoms with van der Waals surface area (Å²) in [6, 6.07) is 5.13. The maximum atomic E-state index is 5.54. The molecule has 6 heteroatoms. The highest BCUT2D eigenvalue weighted by atomic mass is 32.1.